The Hall–Kier alpha value is -3.66. The number of nitrogens with zero attached hydrogens (tertiary/aromatic N) is 1. The van der Waals surface area contributed by atoms with E-state index >= 15 is 0 Å². The van der Waals surface area contributed by atoms with Crippen LogP contribution in [-0.2, 0) is 11.3 Å². The van der Waals surface area contributed by atoms with E-state index in [4.69, 9.17) is 22.1 Å². The van der Waals surface area contributed by atoms with E-state index in [1.807, 2.05) is 13.0 Å². The number of fused-ring (bicyclic) bond motifs is 1. The van der Waals surface area contributed by atoms with Crippen molar-refractivity contribution in [2.75, 3.05) is 20.2 Å². The van der Waals surface area contributed by atoms with Crippen molar-refractivity contribution in [1.82, 2.24) is 20.6 Å². The number of aryl methyl sites for hydroxylation is 1. The van der Waals surface area contributed by atoms with Gasteiger partial charge >= 0.3 is 0 Å². The summed E-state index contributed by atoms with van der Waals surface area (Å²) in [7, 11) is 1.73. The number of aromatic amines is 1. The van der Waals surface area contributed by atoms with Crippen LogP contribution in [0.4, 0.5) is 0 Å². The lowest BCUT2D eigenvalue weighted by atomic mass is 10.1. The monoisotopic (exact) mass is 497 g/mol. The van der Waals surface area contributed by atoms with Gasteiger partial charge < -0.3 is 31.2 Å². The van der Waals surface area contributed by atoms with Crippen molar-refractivity contribution in [2.24, 2.45) is 5.73 Å². The number of carbonyl (C=O) groups excluding carboxylic acids is 2. The summed E-state index contributed by atoms with van der Waals surface area (Å²) in [5, 5.41) is 16.9. The minimum atomic E-state index is -0.887. The Kier molecular flexibility index (Phi) is 9.02. The average Bonchev–Trinajstić information content (AvgIpc) is 3.26. The van der Waals surface area contributed by atoms with Gasteiger partial charge in [0.05, 0.1) is 16.6 Å². The number of aliphatic hydroxyl groups is 1. The molecule has 0 aliphatic heterocycles. The first kappa shape index (κ1) is 26.0. The standard InChI is InChI=1S/C25H28ClN5O4/c1-15-7-23-24(8-17(15)12-32)31-25(30-23)20(13-33)22(5-6-28-2)29-11-18(34)14-35-19-4-3-16(10-27)21(26)9-19/h3-9,12-13,18,28-29,34H,10-11,14,27H2,1-2H3,(H,30,31)/b6-5-,22-20-. The highest BCUT2D eigenvalue weighted by atomic mass is 35.5. The van der Waals surface area contributed by atoms with Crippen molar-refractivity contribution in [3.63, 3.8) is 0 Å². The van der Waals surface area contributed by atoms with Gasteiger partial charge in [0.2, 0.25) is 0 Å². The Balaban J connectivity index is 1.77. The molecule has 9 nitrogen and oxygen atoms in total. The number of H-pyrrole nitrogens is 1. The van der Waals surface area contributed by atoms with Gasteiger partial charge in [-0.3, -0.25) is 9.59 Å². The quantitative estimate of drug-likeness (QED) is 0.146. The number of nitrogens with one attached hydrogen (secondary N) is 3. The van der Waals surface area contributed by atoms with Crippen molar-refractivity contribution < 1.29 is 19.4 Å². The van der Waals surface area contributed by atoms with Gasteiger partial charge in [-0.05, 0) is 54.6 Å². The van der Waals surface area contributed by atoms with Gasteiger partial charge in [-0.2, -0.15) is 0 Å². The number of carbonyl (C=O) groups is 2. The van der Waals surface area contributed by atoms with Crippen LogP contribution >= 0.6 is 11.6 Å². The predicted molar refractivity (Wildman–Crippen MR) is 136 cm³/mol. The molecule has 1 heterocycles. The second-order valence-electron chi connectivity index (χ2n) is 7.80. The zero-order valence-electron chi connectivity index (χ0n) is 19.5. The van der Waals surface area contributed by atoms with Crippen molar-refractivity contribution in [1.29, 1.82) is 0 Å². The molecule has 6 N–H and O–H groups in total. The molecule has 0 spiro atoms. The molecule has 0 amide bonds. The summed E-state index contributed by atoms with van der Waals surface area (Å²) in [5.74, 6) is 0.846. The summed E-state index contributed by atoms with van der Waals surface area (Å²) >= 11 is 6.15. The summed E-state index contributed by atoms with van der Waals surface area (Å²) in [6.45, 7) is 2.25. The lowest BCUT2D eigenvalue weighted by Gasteiger charge is -2.16. The maximum absolute atomic E-state index is 12.0. The fourth-order valence-electron chi connectivity index (χ4n) is 3.36. The molecule has 3 rings (SSSR count). The number of ether oxygens (including phenoxy) is 1. The van der Waals surface area contributed by atoms with Crippen LogP contribution in [0, 0.1) is 6.92 Å². The first-order valence-corrected chi connectivity index (χ1v) is 11.3. The molecule has 1 unspecified atom stereocenters. The van der Waals surface area contributed by atoms with Gasteiger partial charge in [-0.15, -0.1) is 0 Å². The Morgan fingerprint density at radius 1 is 1.31 bits per heavy atom. The van der Waals surface area contributed by atoms with E-state index in [9.17, 15) is 14.7 Å². The number of nitrogens with two attached hydrogens (primary N) is 1. The molecule has 1 atom stereocenters. The van der Waals surface area contributed by atoms with Crippen LogP contribution in [0.3, 0.4) is 0 Å². The number of imidazole rings is 1. The Bertz CT molecular complexity index is 1270. The molecule has 3 aromatic rings. The van der Waals surface area contributed by atoms with Crippen LogP contribution in [0.25, 0.3) is 16.6 Å². The third kappa shape index (κ3) is 6.48. The van der Waals surface area contributed by atoms with Crippen LogP contribution in [0.5, 0.6) is 5.75 Å². The van der Waals surface area contributed by atoms with E-state index in [1.165, 1.54) is 0 Å². The molecule has 2 aromatic carbocycles. The summed E-state index contributed by atoms with van der Waals surface area (Å²) in [4.78, 5) is 30.9. The molecule has 1 aromatic heterocycles. The number of halogens is 1. The number of benzene rings is 2. The third-order valence-electron chi connectivity index (χ3n) is 5.29. The number of aliphatic hydroxyl groups excluding tert-OH is 1. The van der Waals surface area contributed by atoms with Gasteiger partial charge in [0.25, 0.3) is 0 Å². The summed E-state index contributed by atoms with van der Waals surface area (Å²) in [5.41, 5.74) is 9.71. The normalized spacial score (nSPS) is 12.9. The van der Waals surface area contributed by atoms with Gasteiger partial charge in [-0.25, -0.2) is 4.98 Å². The van der Waals surface area contributed by atoms with Crippen molar-refractivity contribution in [2.45, 2.75) is 19.6 Å². The maximum atomic E-state index is 12.0. The van der Waals surface area contributed by atoms with Crippen LogP contribution < -0.4 is 21.1 Å². The van der Waals surface area contributed by atoms with E-state index < -0.39 is 6.10 Å². The summed E-state index contributed by atoms with van der Waals surface area (Å²) in [6, 6.07) is 8.63. The molecule has 0 aliphatic rings. The fraction of sp³-hybridized carbons (Fsp3) is 0.240. The number of hydrogen-bond donors (Lipinski definition) is 5. The predicted octanol–water partition coefficient (Wildman–Crippen LogP) is 2.47. The first-order valence-electron chi connectivity index (χ1n) is 10.9. The maximum Gasteiger partial charge on any atom is 0.155 e. The molecule has 0 bridgehead atoms. The Labute approximate surface area is 208 Å². The SMILES string of the molecule is CN/C=C\C(NCC(O)COc1ccc(CN)c(Cl)c1)=C(/C=O)c1nc2cc(C=O)c(C)cc2[nH]1. The molecular formula is C25H28ClN5O4. The molecule has 0 saturated carbocycles. The van der Waals surface area contributed by atoms with Gasteiger partial charge in [0.15, 0.2) is 6.29 Å². The largest absolute Gasteiger partial charge is 0.491 e. The number of hydrogen-bond acceptors (Lipinski definition) is 8. The molecule has 0 radical (unpaired) electrons. The van der Waals surface area contributed by atoms with Gasteiger partial charge in [-0.1, -0.05) is 17.7 Å². The molecule has 184 valence electrons. The topological polar surface area (TPSA) is 142 Å². The highest BCUT2D eigenvalue weighted by Crippen LogP contribution is 2.23. The van der Waals surface area contributed by atoms with Crippen molar-refractivity contribution in [3.8, 4) is 5.75 Å². The van der Waals surface area contributed by atoms with Crippen LogP contribution in [-0.4, -0.2) is 54.0 Å². The summed E-state index contributed by atoms with van der Waals surface area (Å²) < 4.78 is 5.63. The fourth-order valence-corrected chi connectivity index (χ4v) is 3.60. The zero-order chi connectivity index (χ0) is 25.4. The molecule has 35 heavy (non-hydrogen) atoms. The second-order valence-corrected chi connectivity index (χ2v) is 8.21. The number of aromatic nitrogens is 2. The van der Waals surface area contributed by atoms with Crippen LogP contribution in [0.1, 0.15) is 27.3 Å². The molecule has 10 heteroatoms. The average molecular weight is 498 g/mol. The van der Waals surface area contributed by atoms with Crippen LogP contribution in [0.15, 0.2) is 48.3 Å². The highest BCUT2D eigenvalue weighted by molar-refractivity contribution is 6.31. The van der Waals surface area contributed by atoms with Gasteiger partial charge in [0.1, 0.15) is 30.6 Å². The molecule has 0 saturated heterocycles. The number of rotatable bonds is 12. The van der Waals surface area contributed by atoms with E-state index in [1.54, 1.807) is 43.6 Å². The zero-order valence-corrected chi connectivity index (χ0v) is 20.2. The Morgan fingerprint density at radius 2 is 2.11 bits per heavy atom. The third-order valence-corrected chi connectivity index (χ3v) is 5.64. The number of aldehydes is 2. The lowest BCUT2D eigenvalue weighted by molar-refractivity contribution is -0.103. The van der Waals surface area contributed by atoms with Crippen molar-refractivity contribution >= 4 is 40.8 Å². The second kappa shape index (κ2) is 12.2. The van der Waals surface area contributed by atoms with E-state index in [2.05, 4.69) is 20.6 Å². The number of allylic oxidation sites excluding steroid dienone is 2. The minimum Gasteiger partial charge on any atom is -0.491 e. The van der Waals surface area contributed by atoms with E-state index in [-0.39, 0.29) is 18.7 Å². The van der Waals surface area contributed by atoms with E-state index in [0.717, 1.165) is 17.4 Å². The molecule has 0 fully saturated rings. The smallest absolute Gasteiger partial charge is 0.155 e. The highest BCUT2D eigenvalue weighted by Gasteiger charge is 2.15. The lowest BCUT2D eigenvalue weighted by Crippen LogP contribution is -2.31. The molecule has 0 aliphatic carbocycles. The van der Waals surface area contributed by atoms with Gasteiger partial charge in [0, 0.05) is 36.4 Å². The van der Waals surface area contributed by atoms with Crippen molar-refractivity contribution in [3.05, 3.63) is 75.8 Å². The van der Waals surface area contributed by atoms with E-state index in [0.29, 0.717) is 51.7 Å². The first-order chi connectivity index (χ1) is 16.9. The van der Waals surface area contributed by atoms with Crippen LogP contribution in [0.2, 0.25) is 5.02 Å². The summed E-state index contributed by atoms with van der Waals surface area (Å²) in [6.07, 6.45) is 3.87. The molecular weight excluding hydrogens is 470 g/mol. The minimum absolute atomic E-state index is 0.00311. The Morgan fingerprint density at radius 3 is 2.77 bits per heavy atom.